The van der Waals surface area contributed by atoms with Gasteiger partial charge in [0.15, 0.2) is 12.2 Å². The van der Waals surface area contributed by atoms with Crippen molar-refractivity contribution in [2.24, 2.45) is 11.3 Å². The van der Waals surface area contributed by atoms with Crippen LogP contribution in [0.4, 0.5) is 5.69 Å². The highest BCUT2D eigenvalue weighted by Crippen LogP contribution is 2.68. The highest BCUT2D eigenvalue weighted by Gasteiger charge is 2.78. The monoisotopic (exact) mass is 1040 g/mol. The lowest BCUT2D eigenvalue weighted by atomic mass is 9.47. The third-order valence-electron chi connectivity index (χ3n) is 16.8. The van der Waals surface area contributed by atoms with Crippen LogP contribution in [0.5, 0.6) is 5.75 Å². The number of aromatic nitrogens is 1. The number of fused-ring (bicyclic) bond motifs is 6. The SMILES string of the molecule is CCC1=C[C@@H]2CN(C1)Cc1c([nH]c3ccccc13)[C@@](C(=O)OC)(c1cc3c(cc1OC)N(C)[C@H]1[C@@](O)(CNC(=O)c4ccc(Cl)cc4)[C@H](OC(C)=O)[C@]4(CC)C=CCN5CC[C@]31[C@@H]54)C2.O=C(O)C(O)C(O)C(=O)O. The van der Waals surface area contributed by atoms with Gasteiger partial charge in [-0.3, -0.25) is 24.2 Å². The van der Waals surface area contributed by atoms with Gasteiger partial charge in [-0.25, -0.2) is 9.59 Å². The van der Waals surface area contributed by atoms with Gasteiger partial charge in [0.25, 0.3) is 5.91 Å². The van der Waals surface area contributed by atoms with E-state index in [9.17, 15) is 24.3 Å². The number of H-pyrrole nitrogens is 1. The normalized spacial score (nSPS) is 30.1. The van der Waals surface area contributed by atoms with Crippen LogP contribution in [0.15, 0.2) is 84.5 Å². The van der Waals surface area contributed by atoms with Crippen LogP contribution in [0.3, 0.4) is 0 Å². The van der Waals surface area contributed by atoms with Crippen molar-refractivity contribution in [2.45, 2.75) is 99.8 Å². The molecule has 4 aromatic rings. The minimum absolute atomic E-state index is 0.0283. The molecule has 5 aliphatic heterocycles. The Balaban J connectivity index is 0.000000610. The van der Waals surface area contributed by atoms with E-state index in [-0.39, 0.29) is 30.4 Å². The van der Waals surface area contributed by atoms with Gasteiger partial charge >= 0.3 is 23.9 Å². The molecule has 19 heteroatoms. The van der Waals surface area contributed by atoms with E-state index in [2.05, 4.69) is 75.3 Å². The van der Waals surface area contributed by atoms with E-state index in [0.717, 1.165) is 59.5 Å². The topological polar surface area (TPSA) is 252 Å². The van der Waals surface area contributed by atoms with Crippen molar-refractivity contribution in [3.05, 3.63) is 117 Å². The maximum atomic E-state index is 15.3. The Morgan fingerprint density at radius 3 is 2.28 bits per heavy atom. The van der Waals surface area contributed by atoms with Crippen molar-refractivity contribution in [3.8, 4) is 5.75 Å². The Hall–Kier alpha value is -6.28. The molecule has 2 fully saturated rings. The summed E-state index contributed by atoms with van der Waals surface area (Å²) in [6, 6.07) is 18.2. The molecule has 2 bridgehead atoms. The number of aliphatic hydroxyl groups is 3. The van der Waals surface area contributed by atoms with E-state index in [4.69, 9.17) is 46.2 Å². The second-order valence-corrected chi connectivity index (χ2v) is 21.0. The molecule has 3 aromatic carbocycles. The van der Waals surface area contributed by atoms with Crippen LogP contribution < -0.4 is 15.0 Å². The van der Waals surface area contributed by atoms with Crippen LogP contribution in [0, 0.1) is 11.3 Å². The summed E-state index contributed by atoms with van der Waals surface area (Å²) >= 11 is 6.19. The number of carboxylic acid groups (broad SMARTS) is 2. The summed E-state index contributed by atoms with van der Waals surface area (Å²) in [4.78, 5) is 73.0. The highest BCUT2D eigenvalue weighted by atomic mass is 35.5. The number of nitrogens with zero attached hydrogens (tertiary/aromatic N) is 3. The predicted molar refractivity (Wildman–Crippen MR) is 273 cm³/mol. The molecular formula is C55H64ClN5O13. The lowest BCUT2D eigenvalue weighted by Gasteiger charge is -2.64. The molecule has 1 saturated carbocycles. The molecule has 1 amide bonds. The molecule has 1 saturated heterocycles. The number of carboxylic acids is 2. The molecule has 394 valence electrons. The van der Waals surface area contributed by atoms with Crippen LogP contribution in [0.25, 0.3) is 10.9 Å². The number of para-hydroxylation sites is 1. The number of aliphatic hydroxyl groups excluding tert-OH is 2. The maximum absolute atomic E-state index is 15.3. The Kier molecular flexibility index (Phi) is 14.0. The average molecular weight is 1040 g/mol. The summed E-state index contributed by atoms with van der Waals surface area (Å²) in [5.74, 6) is -4.26. The number of hydrogen-bond donors (Lipinski definition) is 7. The number of carbonyl (C=O) groups excluding carboxylic acids is 3. The zero-order chi connectivity index (χ0) is 53.2. The summed E-state index contributed by atoms with van der Waals surface area (Å²) in [6.07, 6.45) is 3.65. The first-order valence-electron chi connectivity index (χ1n) is 25.0. The van der Waals surface area contributed by atoms with Gasteiger partial charge in [0, 0.05) is 102 Å². The van der Waals surface area contributed by atoms with Gasteiger partial charge in [0.05, 0.1) is 26.8 Å². The molecule has 3 unspecified atom stereocenters. The minimum atomic E-state index is -2.27. The van der Waals surface area contributed by atoms with Gasteiger partial charge in [-0.05, 0) is 85.7 Å². The maximum Gasteiger partial charge on any atom is 0.335 e. The fraction of sp³-hybridized carbons (Fsp3) is 0.473. The standard InChI is InChI=1S/C51H58ClN5O7.C4H6O6/c1-7-31-22-32-25-50(47(60)63-6,42-36(28-56(26-31)27-32)35-12-9-10-13-39(35)54-42)38-23-37-40(24-41(38)62-5)55(4)45-49(37)19-21-57-20-11-18-48(8-2,44(49)57)46(64-30(3)58)51(45,61)29-53-43(59)33-14-16-34(52)17-15-33;5-1(3(7)8)2(6)4(9)10/h9-18,22-24,32,44-46,54,61H,7-8,19-21,25-29H2,1-6H3,(H,53,59);1-2,5-6H,(H,7,8)(H,9,10)/t32-,44-,45+,46+,48+,49+,50-,51-;/m0./s1. The number of hydrogen-bond acceptors (Lipinski definition) is 14. The summed E-state index contributed by atoms with van der Waals surface area (Å²) in [7, 11) is 5.10. The van der Waals surface area contributed by atoms with E-state index in [1.807, 2.05) is 25.2 Å². The van der Waals surface area contributed by atoms with E-state index in [1.54, 1.807) is 31.4 Å². The van der Waals surface area contributed by atoms with E-state index >= 15 is 4.79 Å². The van der Waals surface area contributed by atoms with Crippen molar-refractivity contribution < 1.29 is 63.7 Å². The largest absolute Gasteiger partial charge is 0.496 e. The fourth-order valence-electron chi connectivity index (χ4n) is 14.0. The predicted octanol–water partition coefficient (Wildman–Crippen LogP) is 4.54. The van der Waals surface area contributed by atoms with Gasteiger partial charge in [0.1, 0.15) is 22.9 Å². The number of nitrogens with one attached hydrogen (secondary N) is 2. The number of halogens is 1. The van der Waals surface area contributed by atoms with Crippen molar-refractivity contribution in [2.75, 3.05) is 58.9 Å². The number of ether oxygens (including phenoxy) is 3. The van der Waals surface area contributed by atoms with Crippen LogP contribution in [0.1, 0.15) is 79.2 Å². The summed E-state index contributed by atoms with van der Waals surface area (Å²) in [5.41, 5.74) is 2.29. The number of likely N-dealkylation sites (N-methyl/N-ethyl adjacent to an activating group) is 1. The van der Waals surface area contributed by atoms with E-state index in [0.29, 0.717) is 54.3 Å². The molecule has 74 heavy (non-hydrogen) atoms. The minimum Gasteiger partial charge on any atom is -0.496 e. The van der Waals surface area contributed by atoms with Crippen molar-refractivity contribution in [1.82, 2.24) is 20.1 Å². The Morgan fingerprint density at radius 1 is 0.946 bits per heavy atom. The van der Waals surface area contributed by atoms with Crippen molar-refractivity contribution in [3.63, 3.8) is 0 Å². The molecule has 6 heterocycles. The van der Waals surface area contributed by atoms with Gasteiger partial charge in [0.2, 0.25) is 0 Å². The summed E-state index contributed by atoms with van der Waals surface area (Å²) in [5, 5.41) is 51.1. The Morgan fingerprint density at radius 2 is 1.65 bits per heavy atom. The first-order chi connectivity index (χ1) is 35.3. The number of esters is 2. The third-order valence-corrected chi connectivity index (χ3v) is 17.1. The molecule has 7 N–H and O–H groups in total. The summed E-state index contributed by atoms with van der Waals surface area (Å²) in [6.45, 7) is 9.18. The number of benzene rings is 3. The highest BCUT2D eigenvalue weighted by molar-refractivity contribution is 6.30. The number of carbonyl (C=O) groups is 5. The molecular weight excluding hydrogens is 974 g/mol. The van der Waals surface area contributed by atoms with Crippen molar-refractivity contribution in [1.29, 1.82) is 0 Å². The Labute approximate surface area is 433 Å². The lowest BCUT2D eigenvalue weighted by Crippen LogP contribution is -2.81. The number of rotatable bonds is 12. The van der Waals surface area contributed by atoms with Gasteiger partial charge in [-0.15, -0.1) is 0 Å². The average Bonchev–Trinajstić information content (AvgIpc) is 4.04. The molecule has 1 aliphatic carbocycles. The second kappa shape index (κ2) is 19.8. The molecule has 0 radical (unpaired) electrons. The molecule has 6 aliphatic rings. The number of amides is 1. The number of aliphatic carboxylic acids is 2. The molecule has 1 spiro atoms. The quantitative estimate of drug-likeness (QED) is 0.0760. The fourth-order valence-corrected chi connectivity index (χ4v) is 14.1. The zero-order valence-corrected chi connectivity index (χ0v) is 43.0. The molecule has 1 aromatic heterocycles. The van der Waals surface area contributed by atoms with E-state index < -0.39 is 64.1 Å². The second-order valence-electron chi connectivity index (χ2n) is 20.6. The van der Waals surface area contributed by atoms with Crippen LogP contribution in [-0.4, -0.2) is 160 Å². The first kappa shape index (κ1) is 52.6. The van der Waals surface area contributed by atoms with Crippen LogP contribution in [0.2, 0.25) is 5.02 Å². The van der Waals surface area contributed by atoms with Gasteiger partial charge < -0.3 is 54.9 Å². The van der Waals surface area contributed by atoms with Gasteiger partial charge in [-0.2, -0.15) is 0 Å². The van der Waals surface area contributed by atoms with E-state index in [1.165, 1.54) is 19.6 Å². The molecule has 18 nitrogen and oxygen atoms in total. The zero-order valence-electron chi connectivity index (χ0n) is 42.3. The molecule has 10 rings (SSSR count). The van der Waals surface area contributed by atoms with Crippen LogP contribution in [-0.2, 0) is 46.0 Å². The number of aromatic amines is 1. The lowest BCUT2D eigenvalue weighted by molar-refractivity contribution is -0.216. The third kappa shape index (κ3) is 8.16. The Bertz CT molecular complexity index is 2940. The van der Waals surface area contributed by atoms with Gasteiger partial charge in [-0.1, -0.05) is 67.4 Å². The number of methoxy groups -OCH3 is 2. The molecule has 11 atom stereocenters. The van der Waals surface area contributed by atoms with Crippen molar-refractivity contribution >= 4 is 58.0 Å². The summed E-state index contributed by atoms with van der Waals surface area (Å²) < 4.78 is 18.8. The smallest absolute Gasteiger partial charge is 0.335 e. The van der Waals surface area contributed by atoms with Crippen LogP contribution >= 0.6 is 11.6 Å². The first-order valence-corrected chi connectivity index (χ1v) is 25.4. The number of anilines is 1.